The van der Waals surface area contributed by atoms with Crippen molar-refractivity contribution in [2.24, 2.45) is 5.92 Å². The summed E-state index contributed by atoms with van der Waals surface area (Å²) in [6.45, 7) is 6.35. The normalized spacial score (nSPS) is 18.5. The lowest BCUT2D eigenvalue weighted by molar-refractivity contribution is 0.255. The number of benzene rings is 1. The van der Waals surface area contributed by atoms with Gasteiger partial charge in [-0.25, -0.2) is 9.71 Å². The molecule has 0 bridgehead atoms. The second-order valence-corrected chi connectivity index (χ2v) is 9.82. The van der Waals surface area contributed by atoms with Crippen molar-refractivity contribution < 1.29 is 18.0 Å². The van der Waals surface area contributed by atoms with Crippen LogP contribution in [-0.2, 0) is 11.3 Å². The Labute approximate surface area is 204 Å². The van der Waals surface area contributed by atoms with Gasteiger partial charge in [0.25, 0.3) is 0 Å². The van der Waals surface area contributed by atoms with Gasteiger partial charge in [-0.3, -0.25) is 13.8 Å². The molecule has 2 atom stereocenters. The van der Waals surface area contributed by atoms with Crippen LogP contribution in [0.3, 0.4) is 0 Å². The number of pyridine rings is 1. The zero-order chi connectivity index (χ0) is 24.1. The predicted octanol–water partition coefficient (Wildman–Crippen LogP) is 2.89. The smallest absolute Gasteiger partial charge is 0.207 e. The topological polar surface area (TPSA) is 121 Å². The summed E-state index contributed by atoms with van der Waals surface area (Å²) in [5.74, 6) is 2.82. The summed E-state index contributed by atoms with van der Waals surface area (Å²) in [5.41, 5.74) is 5.42. The zero-order valence-electron chi connectivity index (χ0n) is 19.4. The van der Waals surface area contributed by atoms with E-state index >= 15 is 0 Å². The molecular formula is C24H25N6O4S-. The average Bonchev–Trinajstić information content (AvgIpc) is 3.37. The Bertz CT molecular complexity index is 1390. The van der Waals surface area contributed by atoms with Crippen molar-refractivity contribution in [3.8, 4) is 16.9 Å². The molecule has 11 heteroatoms. The number of hydrogen-bond acceptors (Lipinski definition) is 8. The molecule has 0 aliphatic carbocycles. The van der Waals surface area contributed by atoms with Crippen molar-refractivity contribution in [1.29, 1.82) is 0 Å². The van der Waals surface area contributed by atoms with E-state index in [1.165, 1.54) is 0 Å². The molecule has 6 rings (SSSR count). The van der Waals surface area contributed by atoms with Gasteiger partial charge in [-0.1, -0.05) is 11.2 Å². The Hall–Kier alpha value is -3.28. The molecule has 0 saturated carbocycles. The van der Waals surface area contributed by atoms with Gasteiger partial charge in [-0.05, 0) is 50.5 Å². The fraction of sp³-hybridized carbons (Fsp3) is 0.375. The number of aryl methyl sites for hydroxylation is 2. The molecule has 0 amide bonds. The second kappa shape index (κ2) is 8.74. The monoisotopic (exact) mass is 493 g/mol. The van der Waals surface area contributed by atoms with Gasteiger partial charge in [0.2, 0.25) is 5.95 Å². The molecular weight excluding hydrogens is 468 g/mol. The van der Waals surface area contributed by atoms with Crippen molar-refractivity contribution in [2.75, 3.05) is 31.1 Å². The van der Waals surface area contributed by atoms with E-state index in [0.29, 0.717) is 19.1 Å². The number of ether oxygens (including phenoxy) is 1. The Balaban J connectivity index is 1.43. The Morgan fingerprint density at radius 3 is 2.80 bits per heavy atom. The molecule has 0 radical (unpaired) electrons. The quantitative estimate of drug-likeness (QED) is 0.390. The second-order valence-electron chi connectivity index (χ2n) is 9.06. The summed E-state index contributed by atoms with van der Waals surface area (Å²) < 4.78 is 38.1. The third-order valence-corrected chi connectivity index (χ3v) is 7.27. The molecule has 1 aromatic carbocycles. The highest BCUT2D eigenvalue weighted by Crippen LogP contribution is 2.46. The Morgan fingerprint density at radius 1 is 1.23 bits per heavy atom. The minimum absolute atomic E-state index is 0.118. The van der Waals surface area contributed by atoms with E-state index in [1.54, 1.807) is 6.20 Å². The van der Waals surface area contributed by atoms with Gasteiger partial charge in [0.05, 0.1) is 22.5 Å². The van der Waals surface area contributed by atoms with Crippen LogP contribution in [0.4, 0.5) is 5.95 Å². The van der Waals surface area contributed by atoms with Crippen molar-refractivity contribution in [1.82, 2.24) is 24.4 Å². The van der Waals surface area contributed by atoms with Crippen LogP contribution in [-0.4, -0.2) is 54.7 Å². The van der Waals surface area contributed by atoms with Crippen LogP contribution in [0.2, 0.25) is 0 Å². The highest BCUT2D eigenvalue weighted by molar-refractivity contribution is 7.77. The SMILES string of the molecule is Cc1noc(C)c1-c1ccc2nc(N3CC(CCNS(=O)[O-])C3)n3c2c1OC[C@@H]3c1ccccn1. The standard InChI is InChI=1S/C24H26N6O4S/c1-14-21(15(2)34-28-14)17-6-7-19-22-23(17)33-13-20(18-5-3-4-9-25-18)30(22)24(27-19)29-11-16(12-29)8-10-26-35(31)32/h3-7,9,16,20,26H,8,10-13H2,1-2H3,(H,31,32)/p-1/t20-/m1/s1. The summed E-state index contributed by atoms with van der Waals surface area (Å²) in [7, 11) is 0. The maximum Gasteiger partial charge on any atom is 0.207 e. The summed E-state index contributed by atoms with van der Waals surface area (Å²) >= 11 is -2.22. The van der Waals surface area contributed by atoms with Gasteiger partial charge < -0.3 is 18.7 Å². The van der Waals surface area contributed by atoms with Gasteiger partial charge >= 0.3 is 0 Å². The fourth-order valence-corrected chi connectivity index (χ4v) is 5.45. The number of nitrogens with one attached hydrogen (secondary N) is 1. The number of rotatable bonds is 7. The molecule has 35 heavy (non-hydrogen) atoms. The zero-order valence-corrected chi connectivity index (χ0v) is 20.2. The summed E-state index contributed by atoms with van der Waals surface area (Å²) in [6, 6.07) is 9.84. The van der Waals surface area contributed by atoms with E-state index in [-0.39, 0.29) is 6.04 Å². The molecule has 2 aliphatic rings. The van der Waals surface area contributed by atoms with Crippen LogP contribution in [0.25, 0.3) is 22.2 Å². The number of hydrogen-bond donors (Lipinski definition) is 1. The Kier molecular flexibility index (Phi) is 5.54. The summed E-state index contributed by atoms with van der Waals surface area (Å²) in [5, 5.41) is 4.14. The highest BCUT2D eigenvalue weighted by atomic mass is 32.2. The van der Waals surface area contributed by atoms with E-state index in [1.807, 2.05) is 44.2 Å². The molecule has 4 aromatic rings. The molecule has 2 aliphatic heterocycles. The lowest BCUT2D eigenvalue weighted by Crippen LogP contribution is -2.49. The number of anilines is 1. The minimum atomic E-state index is -2.22. The summed E-state index contributed by atoms with van der Waals surface area (Å²) in [4.78, 5) is 11.9. The maximum absolute atomic E-state index is 10.8. The highest BCUT2D eigenvalue weighted by Gasteiger charge is 2.36. The largest absolute Gasteiger partial charge is 0.760 e. The third-order valence-electron chi connectivity index (χ3n) is 6.83. The molecule has 5 heterocycles. The van der Waals surface area contributed by atoms with Crippen molar-refractivity contribution in [3.05, 3.63) is 53.7 Å². The number of nitrogens with zero attached hydrogens (tertiary/aromatic N) is 5. The molecule has 1 saturated heterocycles. The van der Waals surface area contributed by atoms with E-state index in [9.17, 15) is 8.76 Å². The van der Waals surface area contributed by atoms with Crippen molar-refractivity contribution >= 4 is 28.2 Å². The van der Waals surface area contributed by atoms with Crippen LogP contribution < -0.4 is 14.4 Å². The third kappa shape index (κ3) is 3.79. The first-order valence-corrected chi connectivity index (χ1v) is 12.7. The average molecular weight is 494 g/mol. The van der Waals surface area contributed by atoms with Gasteiger partial charge in [0.15, 0.2) is 5.75 Å². The van der Waals surface area contributed by atoms with Crippen LogP contribution in [0.5, 0.6) is 5.75 Å². The van der Waals surface area contributed by atoms with E-state index < -0.39 is 11.3 Å². The van der Waals surface area contributed by atoms with Crippen LogP contribution in [0, 0.1) is 19.8 Å². The first-order chi connectivity index (χ1) is 17.0. The van der Waals surface area contributed by atoms with Crippen LogP contribution in [0.15, 0.2) is 41.1 Å². The molecule has 1 N–H and O–H groups in total. The van der Waals surface area contributed by atoms with Gasteiger partial charge in [0.1, 0.15) is 23.9 Å². The van der Waals surface area contributed by atoms with Gasteiger partial charge in [-0.15, -0.1) is 0 Å². The van der Waals surface area contributed by atoms with E-state index in [4.69, 9.17) is 14.2 Å². The lowest BCUT2D eigenvalue weighted by atomic mass is 9.97. The van der Waals surface area contributed by atoms with Crippen molar-refractivity contribution in [2.45, 2.75) is 26.3 Å². The Morgan fingerprint density at radius 2 is 2.09 bits per heavy atom. The van der Waals surface area contributed by atoms with Gasteiger partial charge in [0, 0.05) is 42.7 Å². The maximum atomic E-state index is 10.8. The minimum Gasteiger partial charge on any atom is -0.760 e. The molecule has 10 nitrogen and oxygen atoms in total. The van der Waals surface area contributed by atoms with Crippen LogP contribution >= 0.6 is 0 Å². The van der Waals surface area contributed by atoms with Gasteiger partial charge in [-0.2, -0.15) is 0 Å². The first-order valence-electron chi connectivity index (χ1n) is 11.6. The number of imidazole rings is 1. The van der Waals surface area contributed by atoms with E-state index in [2.05, 4.69) is 24.3 Å². The predicted molar refractivity (Wildman–Crippen MR) is 130 cm³/mol. The molecule has 3 aromatic heterocycles. The molecule has 1 unspecified atom stereocenters. The summed E-state index contributed by atoms with van der Waals surface area (Å²) in [6.07, 6.45) is 2.59. The molecule has 182 valence electrons. The lowest BCUT2D eigenvalue weighted by Gasteiger charge is -2.41. The fourth-order valence-electron chi connectivity index (χ4n) is 5.16. The number of aromatic nitrogens is 4. The molecule has 1 fully saturated rings. The van der Waals surface area contributed by atoms with Crippen molar-refractivity contribution in [3.63, 3.8) is 0 Å². The van der Waals surface area contributed by atoms with E-state index in [0.717, 1.165) is 70.5 Å². The first kappa shape index (κ1) is 22.2. The van der Waals surface area contributed by atoms with Crippen LogP contribution in [0.1, 0.15) is 29.6 Å². The molecule has 0 spiro atoms.